The number of para-hydroxylation sites is 1. The van der Waals surface area contributed by atoms with Crippen LogP contribution in [0.2, 0.25) is 0 Å². The molecule has 39 heavy (non-hydrogen) atoms. The van der Waals surface area contributed by atoms with E-state index in [0.29, 0.717) is 17.8 Å². The molecule has 0 aliphatic carbocycles. The molecule has 208 valence electrons. The van der Waals surface area contributed by atoms with Crippen LogP contribution in [-0.4, -0.2) is 44.3 Å². The van der Waals surface area contributed by atoms with Gasteiger partial charge in [0.15, 0.2) is 0 Å². The summed E-state index contributed by atoms with van der Waals surface area (Å²) in [7, 11) is -4.08. The first-order valence-electron chi connectivity index (χ1n) is 13.2. The molecule has 1 N–H and O–H groups in total. The zero-order valence-corrected chi connectivity index (χ0v) is 24.5. The van der Waals surface area contributed by atoms with Crippen LogP contribution >= 0.6 is 0 Å². The molecule has 3 rings (SSSR count). The van der Waals surface area contributed by atoms with Crippen molar-refractivity contribution >= 4 is 27.5 Å². The molecule has 2 amide bonds. The van der Waals surface area contributed by atoms with Crippen LogP contribution in [0.1, 0.15) is 43.0 Å². The van der Waals surface area contributed by atoms with Crippen LogP contribution in [0.5, 0.6) is 0 Å². The summed E-state index contributed by atoms with van der Waals surface area (Å²) in [5.41, 5.74) is 3.99. The van der Waals surface area contributed by atoms with Crippen LogP contribution in [-0.2, 0) is 26.2 Å². The van der Waals surface area contributed by atoms with Crippen molar-refractivity contribution in [3.8, 4) is 0 Å². The summed E-state index contributed by atoms with van der Waals surface area (Å²) in [6.07, 6.45) is 0. The highest BCUT2D eigenvalue weighted by molar-refractivity contribution is 7.92. The summed E-state index contributed by atoms with van der Waals surface area (Å²) in [5, 5.41) is 2.90. The molecule has 0 aliphatic rings. The number of hydrogen-bond donors (Lipinski definition) is 1. The number of anilines is 1. The van der Waals surface area contributed by atoms with Gasteiger partial charge in [-0.05, 0) is 62.9 Å². The van der Waals surface area contributed by atoms with E-state index < -0.39 is 28.5 Å². The number of carbonyl (C=O) groups excluding carboxylic acids is 2. The monoisotopic (exact) mass is 549 g/mol. The van der Waals surface area contributed by atoms with E-state index in [1.807, 2.05) is 71.0 Å². The van der Waals surface area contributed by atoms with Gasteiger partial charge in [-0.3, -0.25) is 13.9 Å². The number of rotatable bonds is 11. The van der Waals surface area contributed by atoms with E-state index in [4.69, 9.17) is 0 Å². The van der Waals surface area contributed by atoms with E-state index in [9.17, 15) is 18.0 Å². The summed E-state index contributed by atoms with van der Waals surface area (Å²) >= 11 is 0. The Morgan fingerprint density at radius 2 is 1.38 bits per heavy atom. The first kappa shape index (κ1) is 29.9. The van der Waals surface area contributed by atoms with Crippen molar-refractivity contribution in [3.05, 3.63) is 95.1 Å². The minimum atomic E-state index is -4.08. The van der Waals surface area contributed by atoms with Crippen molar-refractivity contribution in [2.75, 3.05) is 17.4 Å². The van der Waals surface area contributed by atoms with Crippen LogP contribution in [0.15, 0.2) is 77.7 Å². The second-order valence-corrected chi connectivity index (χ2v) is 12.3. The molecule has 0 aliphatic heterocycles. The Morgan fingerprint density at radius 3 is 1.95 bits per heavy atom. The van der Waals surface area contributed by atoms with E-state index in [-0.39, 0.29) is 23.3 Å². The van der Waals surface area contributed by atoms with Crippen molar-refractivity contribution in [1.29, 1.82) is 0 Å². The second-order valence-electron chi connectivity index (χ2n) is 10.4. The van der Waals surface area contributed by atoms with Crippen LogP contribution in [0.3, 0.4) is 0 Å². The zero-order valence-electron chi connectivity index (χ0n) is 23.6. The Balaban J connectivity index is 2.02. The third-order valence-corrected chi connectivity index (χ3v) is 8.37. The minimum absolute atomic E-state index is 0.0944. The third kappa shape index (κ3) is 7.69. The quantitative estimate of drug-likeness (QED) is 0.365. The SMILES string of the molecule is Cc1ccc(CN(C(=O)CN(c2ccccc2C)S(=O)(=O)c2ccc(C)cc2)[C@H](C)C(=O)NCC(C)C)cc1. The van der Waals surface area contributed by atoms with E-state index in [1.165, 1.54) is 4.90 Å². The molecular weight excluding hydrogens is 510 g/mol. The molecule has 3 aromatic carbocycles. The zero-order chi connectivity index (χ0) is 28.7. The van der Waals surface area contributed by atoms with E-state index in [0.717, 1.165) is 21.0 Å². The molecule has 0 saturated heterocycles. The van der Waals surface area contributed by atoms with Gasteiger partial charge < -0.3 is 10.2 Å². The number of sulfonamides is 1. The molecular formula is C31H39N3O4S. The molecule has 7 nitrogen and oxygen atoms in total. The fourth-order valence-electron chi connectivity index (χ4n) is 4.12. The highest BCUT2D eigenvalue weighted by Gasteiger charge is 2.33. The Labute approximate surface area is 232 Å². The maximum Gasteiger partial charge on any atom is 0.264 e. The Bertz CT molecular complexity index is 1380. The molecule has 0 saturated carbocycles. The Hall–Kier alpha value is -3.65. The largest absolute Gasteiger partial charge is 0.354 e. The lowest BCUT2D eigenvalue weighted by Gasteiger charge is -2.32. The van der Waals surface area contributed by atoms with Crippen LogP contribution in [0, 0.1) is 26.7 Å². The van der Waals surface area contributed by atoms with Gasteiger partial charge in [-0.2, -0.15) is 0 Å². The van der Waals surface area contributed by atoms with E-state index in [2.05, 4.69) is 5.32 Å². The molecule has 8 heteroatoms. The predicted octanol–water partition coefficient (Wildman–Crippen LogP) is 5.00. The molecule has 0 heterocycles. The Morgan fingerprint density at radius 1 is 0.821 bits per heavy atom. The average Bonchev–Trinajstić information content (AvgIpc) is 2.90. The normalized spacial score (nSPS) is 12.2. The van der Waals surface area contributed by atoms with Gasteiger partial charge in [0.2, 0.25) is 11.8 Å². The minimum Gasteiger partial charge on any atom is -0.354 e. The van der Waals surface area contributed by atoms with Crippen LogP contribution < -0.4 is 9.62 Å². The van der Waals surface area contributed by atoms with Crippen molar-refractivity contribution in [3.63, 3.8) is 0 Å². The first-order chi connectivity index (χ1) is 18.4. The topological polar surface area (TPSA) is 86.8 Å². The lowest BCUT2D eigenvalue weighted by atomic mass is 10.1. The number of carbonyl (C=O) groups is 2. The van der Waals surface area contributed by atoms with Gasteiger partial charge in [0.25, 0.3) is 10.0 Å². The number of aryl methyl sites for hydroxylation is 3. The molecule has 0 unspecified atom stereocenters. The number of amides is 2. The first-order valence-corrected chi connectivity index (χ1v) is 14.6. The average molecular weight is 550 g/mol. The summed E-state index contributed by atoms with van der Waals surface area (Å²) in [6, 6.07) is 20.5. The fraction of sp³-hybridized carbons (Fsp3) is 0.355. The highest BCUT2D eigenvalue weighted by atomic mass is 32.2. The van der Waals surface area contributed by atoms with Gasteiger partial charge in [0.1, 0.15) is 12.6 Å². The summed E-state index contributed by atoms with van der Waals surface area (Å²) < 4.78 is 29.0. The lowest BCUT2D eigenvalue weighted by molar-refractivity contribution is -0.139. The van der Waals surface area contributed by atoms with E-state index in [1.54, 1.807) is 43.3 Å². The molecule has 0 fully saturated rings. The van der Waals surface area contributed by atoms with Crippen LogP contribution in [0.25, 0.3) is 0 Å². The third-order valence-electron chi connectivity index (χ3n) is 6.60. The molecule has 0 aromatic heterocycles. The smallest absolute Gasteiger partial charge is 0.264 e. The van der Waals surface area contributed by atoms with Gasteiger partial charge >= 0.3 is 0 Å². The summed E-state index contributed by atoms with van der Waals surface area (Å²) in [6.45, 7) is 11.5. The number of nitrogens with one attached hydrogen (secondary N) is 1. The molecule has 3 aromatic rings. The Kier molecular flexibility index (Phi) is 9.92. The van der Waals surface area contributed by atoms with Gasteiger partial charge in [-0.1, -0.05) is 79.6 Å². The standard InChI is InChI=1S/C31H39N3O4S/c1-22(2)19-32-31(36)26(6)33(20-27-15-11-23(3)12-16-27)30(35)21-34(29-10-8-7-9-25(29)5)39(37,38)28-17-13-24(4)14-18-28/h7-18,22,26H,19-21H2,1-6H3,(H,32,36)/t26-/m1/s1. The number of nitrogens with zero attached hydrogens (tertiary/aromatic N) is 2. The van der Waals surface area contributed by atoms with Crippen molar-refractivity contribution in [1.82, 2.24) is 10.2 Å². The molecule has 0 bridgehead atoms. The summed E-state index contributed by atoms with van der Waals surface area (Å²) in [5.74, 6) is -0.506. The maximum absolute atomic E-state index is 14.0. The van der Waals surface area contributed by atoms with Crippen molar-refractivity contribution < 1.29 is 18.0 Å². The second kappa shape index (κ2) is 12.9. The molecule has 0 radical (unpaired) electrons. The van der Waals surface area contributed by atoms with Gasteiger partial charge in [-0.15, -0.1) is 0 Å². The lowest BCUT2D eigenvalue weighted by Crippen LogP contribution is -2.51. The van der Waals surface area contributed by atoms with E-state index >= 15 is 0 Å². The molecule has 1 atom stereocenters. The predicted molar refractivity (Wildman–Crippen MR) is 156 cm³/mol. The highest BCUT2D eigenvalue weighted by Crippen LogP contribution is 2.27. The summed E-state index contributed by atoms with van der Waals surface area (Å²) in [4.78, 5) is 28.6. The van der Waals surface area contributed by atoms with Gasteiger partial charge in [0.05, 0.1) is 10.6 Å². The van der Waals surface area contributed by atoms with Crippen LogP contribution in [0.4, 0.5) is 5.69 Å². The maximum atomic E-state index is 14.0. The number of hydrogen-bond acceptors (Lipinski definition) is 4. The fourth-order valence-corrected chi connectivity index (χ4v) is 5.60. The van der Waals surface area contributed by atoms with Crippen molar-refractivity contribution in [2.45, 2.75) is 59.0 Å². The number of benzene rings is 3. The van der Waals surface area contributed by atoms with Gasteiger partial charge in [-0.25, -0.2) is 8.42 Å². The van der Waals surface area contributed by atoms with Crippen molar-refractivity contribution in [2.24, 2.45) is 5.92 Å². The van der Waals surface area contributed by atoms with Gasteiger partial charge in [0, 0.05) is 13.1 Å². The molecule has 0 spiro atoms.